The van der Waals surface area contributed by atoms with Gasteiger partial charge in [-0.3, -0.25) is 14.9 Å². The lowest BCUT2D eigenvalue weighted by molar-refractivity contribution is -0.380. The van der Waals surface area contributed by atoms with E-state index in [9.17, 15) is 14.9 Å². The monoisotopic (exact) mass is 241 g/mol. The fourth-order valence-electron chi connectivity index (χ4n) is 1.90. The lowest BCUT2D eigenvalue weighted by atomic mass is 10.1. The van der Waals surface area contributed by atoms with E-state index in [4.69, 9.17) is 5.73 Å². The number of nitrogens with zero attached hydrogens (tertiary/aromatic N) is 2. The molecular weight excluding hydrogens is 230 g/mol. The van der Waals surface area contributed by atoms with Gasteiger partial charge in [-0.15, -0.1) is 0 Å². The lowest BCUT2D eigenvalue weighted by Gasteiger charge is -2.20. The molecule has 1 fully saturated rings. The number of hydrogen-bond donors (Lipinski definition) is 1. The van der Waals surface area contributed by atoms with Crippen LogP contribution in [-0.4, -0.2) is 28.8 Å². The van der Waals surface area contributed by atoms with Crippen molar-refractivity contribution in [2.24, 2.45) is 5.73 Å². The highest BCUT2D eigenvalue weighted by Gasteiger charge is 2.37. The van der Waals surface area contributed by atoms with Crippen molar-refractivity contribution in [2.75, 3.05) is 7.05 Å². The van der Waals surface area contributed by atoms with Gasteiger partial charge in [-0.1, -0.05) is 11.3 Å². The van der Waals surface area contributed by atoms with Crippen LogP contribution in [0, 0.1) is 10.1 Å². The topological polar surface area (TPSA) is 89.5 Å². The minimum atomic E-state index is -0.434. The average molecular weight is 241 g/mol. The Bertz CT molecular complexity index is 445. The van der Waals surface area contributed by atoms with Gasteiger partial charge in [0.2, 0.25) is 5.91 Å². The first kappa shape index (κ1) is 11.0. The largest absolute Gasteiger partial charge is 0.336 e. The second kappa shape index (κ2) is 3.84. The van der Waals surface area contributed by atoms with Gasteiger partial charge in [0, 0.05) is 30.5 Å². The van der Waals surface area contributed by atoms with Crippen LogP contribution in [0.2, 0.25) is 0 Å². The molecule has 1 aliphatic heterocycles. The second-order valence-electron chi connectivity index (χ2n) is 3.75. The molecule has 2 unspecified atom stereocenters. The maximum absolute atomic E-state index is 11.4. The first-order chi connectivity index (χ1) is 7.50. The van der Waals surface area contributed by atoms with Gasteiger partial charge in [0.25, 0.3) is 0 Å². The molecule has 1 amide bonds. The summed E-state index contributed by atoms with van der Waals surface area (Å²) < 4.78 is 0. The normalized spacial score (nSPS) is 25.1. The lowest BCUT2D eigenvalue weighted by Crippen LogP contribution is -2.29. The van der Waals surface area contributed by atoms with E-state index in [0.29, 0.717) is 6.42 Å². The summed E-state index contributed by atoms with van der Waals surface area (Å²) >= 11 is 1.07. The Morgan fingerprint density at radius 3 is 2.75 bits per heavy atom. The molecule has 1 aromatic rings. The Morgan fingerprint density at radius 2 is 2.31 bits per heavy atom. The van der Waals surface area contributed by atoms with E-state index >= 15 is 0 Å². The zero-order valence-corrected chi connectivity index (χ0v) is 9.44. The predicted molar refractivity (Wildman–Crippen MR) is 59.1 cm³/mol. The van der Waals surface area contributed by atoms with E-state index in [1.165, 1.54) is 6.07 Å². The molecule has 1 aliphatic rings. The Morgan fingerprint density at radius 1 is 1.62 bits per heavy atom. The molecule has 2 rings (SSSR count). The molecule has 0 saturated carbocycles. The Balaban J connectivity index is 2.29. The third-order valence-corrected chi connectivity index (χ3v) is 3.82. The molecule has 1 saturated heterocycles. The fourth-order valence-corrected chi connectivity index (χ4v) is 2.94. The molecule has 0 aliphatic carbocycles. The van der Waals surface area contributed by atoms with Crippen molar-refractivity contribution in [3.05, 3.63) is 27.1 Å². The summed E-state index contributed by atoms with van der Waals surface area (Å²) in [6.45, 7) is 0. The maximum Gasteiger partial charge on any atom is 0.324 e. The first-order valence-corrected chi connectivity index (χ1v) is 5.57. The van der Waals surface area contributed by atoms with Crippen molar-refractivity contribution in [1.29, 1.82) is 0 Å². The van der Waals surface area contributed by atoms with Crippen LogP contribution >= 0.6 is 11.3 Å². The van der Waals surface area contributed by atoms with E-state index in [0.717, 1.165) is 16.2 Å². The SMILES string of the molecule is CN1C(=O)CC(N)C1c1ccc([N+](=O)[O-])s1. The van der Waals surface area contributed by atoms with E-state index in [1.807, 2.05) is 0 Å². The van der Waals surface area contributed by atoms with Crippen LogP contribution in [0.25, 0.3) is 0 Å². The fraction of sp³-hybridized carbons (Fsp3) is 0.444. The molecule has 0 radical (unpaired) electrons. The molecule has 1 aromatic heterocycles. The number of carbonyl (C=O) groups excluding carboxylic acids is 1. The van der Waals surface area contributed by atoms with Gasteiger partial charge in [-0.2, -0.15) is 0 Å². The van der Waals surface area contributed by atoms with Crippen LogP contribution in [0.5, 0.6) is 0 Å². The second-order valence-corrected chi connectivity index (χ2v) is 4.84. The van der Waals surface area contributed by atoms with Crippen LogP contribution in [-0.2, 0) is 4.79 Å². The molecule has 2 atom stereocenters. The smallest absolute Gasteiger partial charge is 0.324 e. The number of likely N-dealkylation sites (N-methyl/N-ethyl adjacent to an activating group) is 1. The van der Waals surface area contributed by atoms with Gasteiger partial charge in [0.05, 0.1) is 11.0 Å². The van der Waals surface area contributed by atoms with Gasteiger partial charge in [-0.25, -0.2) is 0 Å². The quantitative estimate of drug-likeness (QED) is 0.615. The highest BCUT2D eigenvalue weighted by Crippen LogP contribution is 2.37. The minimum Gasteiger partial charge on any atom is -0.336 e. The number of thiophene rings is 1. The summed E-state index contributed by atoms with van der Waals surface area (Å²) in [6.07, 6.45) is 0.298. The Labute approximate surface area is 95.8 Å². The van der Waals surface area contributed by atoms with Crippen LogP contribution in [0.1, 0.15) is 17.3 Å². The number of hydrogen-bond acceptors (Lipinski definition) is 5. The molecule has 16 heavy (non-hydrogen) atoms. The van der Waals surface area contributed by atoms with Crippen molar-refractivity contribution >= 4 is 22.2 Å². The summed E-state index contributed by atoms with van der Waals surface area (Å²) in [5, 5.41) is 10.6. The number of amides is 1. The summed E-state index contributed by atoms with van der Waals surface area (Å²) in [5.41, 5.74) is 5.85. The molecule has 6 nitrogen and oxygen atoms in total. The third kappa shape index (κ3) is 1.68. The highest BCUT2D eigenvalue weighted by atomic mass is 32.1. The maximum atomic E-state index is 11.4. The average Bonchev–Trinajstić information content (AvgIpc) is 2.74. The number of rotatable bonds is 2. The minimum absolute atomic E-state index is 0.0199. The Hall–Kier alpha value is -1.47. The summed E-state index contributed by atoms with van der Waals surface area (Å²) in [5.74, 6) is -0.0199. The van der Waals surface area contributed by atoms with Crippen LogP contribution in [0.15, 0.2) is 12.1 Å². The van der Waals surface area contributed by atoms with E-state index in [2.05, 4.69) is 0 Å². The molecule has 2 N–H and O–H groups in total. The van der Waals surface area contributed by atoms with Crippen molar-refractivity contribution in [1.82, 2.24) is 4.90 Å². The number of nitro groups is 1. The van der Waals surface area contributed by atoms with E-state index < -0.39 is 4.92 Å². The van der Waals surface area contributed by atoms with E-state index in [1.54, 1.807) is 18.0 Å². The molecule has 2 heterocycles. The van der Waals surface area contributed by atoms with E-state index in [-0.39, 0.29) is 23.0 Å². The van der Waals surface area contributed by atoms with Gasteiger partial charge in [0.1, 0.15) is 0 Å². The van der Waals surface area contributed by atoms with Gasteiger partial charge in [0.15, 0.2) is 0 Å². The molecule has 7 heteroatoms. The summed E-state index contributed by atoms with van der Waals surface area (Å²) in [6, 6.07) is 2.60. The van der Waals surface area contributed by atoms with Crippen molar-refractivity contribution < 1.29 is 9.72 Å². The van der Waals surface area contributed by atoms with Crippen LogP contribution in [0.3, 0.4) is 0 Å². The number of nitrogens with two attached hydrogens (primary N) is 1. The third-order valence-electron chi connectivity index (χ3n) is 2.71. The molecule has 86 valence electrons. The van der Waals surface area contributed by atoms with Gasteiger partial charge < -0.3 is 10.6 Å². The van der Waals surface area contributed by atoms with Crippen molar-refractivity contribution in [2.45, 2.75) is 18.5 Å². The van der Waals surface area contributed by atoms with Crippen LogP contribution < -0.4 is 5.73 Å². The molecular formula is C9H11N3O3S. The predicted octanol–water partition coefficient (Wildman–Crippen LogP) is 0.887. The molecule has 0 bridgehead atoms. The molecule has 0 spiro atoms. The highest BCUT2D eigenvalue weighted by molar-refractivity contribution is 7.15. The van der Waals surface area contributed by atoms with Crippen molar-refractivity contribution in [3.8, 4) is 0 Å². The Kier molecular flexibility index (Phi) is 2.64. The number of likely N-dealkylation sites (tertiary alicyclic amines) is 1. The zero-order valence-electron chi connectivity index (χ0n) is 8.62. The molecule has 0 aromatic carbocycles. The van der Waals surface area contributed by atoms with Crippen LogP contribution in [0.4, 0.5) is 5.00 Å². The van der Waals surface area contributed by atoms with Gasteiger partial charge >= 0.3 is 5.00 Å². The number of carbonyl (C=O) groups is 1. The standard InChI is InChI=1S/C9H11N3O3S/c1-11-7(13)4-5(10)9(11)6-2-3-8(16-6)12(14)15/h2-3,5,9H,4,10H2,1H3. The summed E-state index contributed by atoms with van der Waals surface area (Å²) in [4.78, 5) is 23.9. The summed E-state index contributed by atoms with van der Waals surface area (Å²) in [7, 11) is 1.67. The van der Waals surface area contributed by atoms with Crippen molar-refractivity contribution in [3.63, 3.8) is 0 Å². The first-order valence-electron chi connectivity index (χ1n) is 4.76. The van der Waals surface area contributed by atoms with Gasteiger partial charge in [-0.05, 0) is 6.07 Å². The zero-order chi connectivity index (χ0) is 11.9.